The fourth-order valence-electron chi connectivity index (χ4n) is 3.24. The summed E-state index contributed by atoms with van der Waals surface area (Å²) in [5.74, 6) is 1.94. The standard InChI is InChI=1S/C20H21ClN2O3/c1-12-3-2-4-15(21)18(12)22-20(24)23-19(13-5-6-13)14-7-8-16-17(11-14)26-10-9-25-16/h2-4,7-8,11,13,19H,5-6,9-10H2,1H3,(H2,22,23,24). The Hall–Kier alpha value is -2.40. The second-order valence-electron chi connectivity index (χ2n) is 6.75. The first kappa shape index (κ1) is 17.0. The number of benzene rings is 2. The van der Waals surface area contributed by atoms with Crippen molar-refractivity contribution >= 4 is 23.3 Å². The van der Waals surface area contributed by atoms with E-state index in [1.165, 1.54) is 0 Å². The lowest BCUT2D eigenvalue weighted by Gasteiger charge is -2.23. The second kappa shape index (κ2) is 7.08. The van der Waals surface area contributed by atoms with Gasteiger partial charge in [0.25, 0.3) is 0 Å². The SMILES string of the molecule is Cc1cccc(Cl)c1NC(=O)NC(c1ccc2c(c1)OCCO2)C1CC1. The van der Waals surface area contributed by atoms with Gasteiger partial charge in [-0.3, -0.25) is 0 Å². The van der Waals surface area contributed by atoms with Crippen molar-refractivity contribution in [3.8, 4) is 11.5 Å². The van der Waals surface area contributed by atoms with E-state index in [9.17, 15) is 4.79 Å². The van der Waals surface area contributed by atoms with Gasteiger partial charge in [-0.15, -0.1) is 0 Å². The van der Waals surface area contributed by atoms with Crippen molar-refractivity contribution in [2.75, 3.05) is 18.5 Å². The van der Waals surface area contributed by atoms with E-state index in [0.717, 1.165) is 35.5 Å². The van der Waals surface area contributed by atoms with Crippen LogP contribution in [0.3, 0.4) is 0 Å². The van der Waals surface area contributed by atoms with Crippen LogP contribution in [-0.2, 0) is 0 Å². The first-order valence-electron chi connectivity index (χ1n) is 8.84. The Labute approximate surface area is 157 Å². The number of fused-ring (bicyclic) bond motifs is 1. The van der Waals surface area contributed by atoms with Gasteiger partial charge in [0.05, 0.1) is 16.8 Å². The number of carbonyl (C=O) groups is 1. The molecule has 2 aromatic carbocycles. The topological polar surface area (TPSA) is 59.6 Å². The number of anilines is 1. The molecule has 1 heterocycles. The molecule has 136 valence electrons. The van der Waals surface area contributed by atoms with Gasteiger partial charge in [0.15, 0.2) is 11.5 Å². The minimum atomic E-state index is -0.256. The largest absolute Gasteiger partial charge is 0.486 e. The lowest BCUT2D eigenvalue weighted by Crippen LogP contribution is -2.34. The number of hydrogen-bond acceptors (Lipinski definition) is 3. The third kappa shape index (κ3) is 3.58. The van der Waals surface area contributed by atoms with Crippen LogP contribution in [0.4, 0.5) is 10.5 Å². The molecule has 1 unspecified atom stereocenters. The first-order chi connectivity index (χ1) is 12.6. The van der Waals surface area contributed by atoms with Gasteiger partial charge in [0, 0.05) is 0 Å². The summed E-state index contributed by atoms with van der Waals surface area (Å²) in [5, 5.41) is 6.52. The lowest BCUT2D eigenvalue weighted by molar-refractivity contribution is 0.171. The molecular weight excluding hydrogens is 352 g/mol. The van der Waals surface area contributed by atoms with Gasteiger partial charge in [0.1, 0.15) is 13.2 Å². The third-order valence-electron chi connectivity index (χ3n) is 4.77. The predicted octanol–water partition coefficient (Wildman–Crippen LogP) is 4.69. The smallest absolute Gasteiger partial charge is 0.319 e. The monoisotopic (exact) mass is 372 g/mol. The molecule has 5 nitrogen and oxygen atoms in total. The Morgan fingerprint density at radius 1 is 1.15 bits per heavy atom. The lowest BCUT2D eigenvalue weighted by atomic mass is 10.0. The molecule has 0 saturated heterocycles. The highest BCUT2D eigenvalue weighted by atomic mass is 35.5. The van der Waals surface area contributed by atoms with Gasteiger partial charge < -0.3 is 20.1 Å². The summed E-state index contributed by atoms with van der Waals surface area (Å²) in [5.41, 5.74) is 2.60. The highest BCUT2D eigenvalue weighted by Gasteiger charge is 2.34. The fraction of sp³-hybridized carbons (Fsp3) is 0.350. The van der Waals surface area contributed by atoms with Gasteiger partial charge >= 0.3 is 6.03 Å². The minimum Gasteiger partial charge on any atom is -0.486 e. The van der Waals surface area contributed by atoms with Gasteiger partial charge in [0.2, 0.25) is 0 Å². The number of urea groups is 1. The molecule has 2 aromatic rings. The summed E-state index contributed by atoms with van der Waals surface area (Å²) in [6.45, 7) is 3.03. The molecule has 1 aliphatic heterocycles. The first-order valence-corrected chi connectivity index (χ1v) is 9.22. The van der Waals surface area contributed by atoms with Gasteiger partial charge in [-0.2, -0.15) is 0 Å². The Morgan fingerprint density at radius 3 is 2.65 bits per heavy atom. The van der Waals surface area contributed by atoms with Crippen molar-refractivity contribution in [1.82, 2.24) is 5.32 Å². The third-order valence-corrected chi connectivity index (χ3v) is 5.08. The van der Waals surface area contributed by atoms with Crippen LogP contribution in [-0.4, -0.2) is 19.2 Å². The number of rotatable bonds is 4. The summed E-state index contributed by atoms with van der Waals surface area (Å²) in [6, 6.07) is 11.1. The van der Waals surface area contributed by atoms with E-state index < -0.39 is 0 Å². The maximum absolute atomic E-state index is 12.6. The number of ether oxygens (including phenoxy) is 2. The fourth-order valence-corrected chi connectivity index (χ4v) is 3.51. The zero-order valence-electron chi connectivity index (χ0n) is 14.5. The average molecular weight is 373 g/mol. The van der Waals surface area contributed by atoms with Gasteiger partial charge in [-0.25, -0.2) is 4.79 Å². The van der Waals surface area contributed by atoms with Crippen molar-refractivity contribution in [1.29, 1.82) is 0 Å². The molecule has 2 N–H and O–H groups in total. The molecule has 0 aromatic heterocycles. The minimum absolute atomic E-state index is 0.0615. The molecule has 4 rings (SSSR count). The zero-order chi connectivity index (χ0) is 18.1. The van der Waals surface area contributed by atoms with Crippen molar-refractivity contribution in [2.45, 2.75) is 25.8 Å². The van der Waals surface area contributed by atoms with Crippen LogP contribution in [0.1, 0.15) is 30.0 Å². The molecule has 6 heteroatoms. The molecule has 1 atom stereocenters. The van der Waals surface area contributed by atoms with Gasteiger partial charge in [-0.05, 0) is 55.0 Å². The predicted molar refractivity (Wildman–Crippen MR) is 101 cm³/mol. The molecule has 1 saturated carbocycles. The number of hydrogen-bond donors (Lipinski definition) is 2. The molecular formula is C20H21ClN2O3. The maximum atomic E-state index is 12.6. The molecule has 26 heavy (non-hydrogen) atoms. The number of halogens is 1. The van der Waals surface area contributed by atoms with Gasteiger partial charge in [-0.1, -0.05) is 29.8 Å². The van der Waals surface area contributed by atoms with E-state index in [1.807, 2.05) is 37.3 Å². The Morgan fingerprint density at radius 2 is 1.92 bits per heavy atom. The molecule has 0 radical (unpaired) electrons. The second-order valence-corrected chi connectivity index (χ2v) is 7.16. The quantitative estimate of drug-likeness (QED) is 0.818. The Balaban J connectivity index is 1.52. The van der Waals surface area contributed by atoms with Crippen LogP contribution < -0.4 is 20.1 Å². The Kier molecular flexibility index (Phi) is 4.64. The Bertz CT molecular complexity index is 816. The molecule has 2 aliphatic rings. The van der Waals surface area contributed by atoms with E-state index in [1.54, 1.807) is 6.07 Å². The molecule has 1 aliphatic carbocycles. The number of amides is 2. The number of para-hydroxylation sites is 1. The van der Waals surface area contributed by atoms with Crippen LogP contribution >= 0.6 is 11.6 Å². The highest BCUT2D eigenvalue weighted by molar-refractivity contribution is 6.33. The van der Waals surface area contributed by atoms with E-state index in [0.29, 0.717) is 29.8 Å². The normalized spacial score (nSPS) is 16.7. The van der Waals surface area contributed by atoms with Crippen LogP contribution in [0.5, 0.6) is 11.5 Å². The molecule has 2 amide bonds. The van der Waals surface area contributed by atoms with E-state index in [4.69, 9.17) is 21.1 Å². The van der Waals surface area contributed by atoms with E-state index in [2.05, 4.69) is 10.6 Å². The molecule has 0 bridgehead atoms. The average Bonchev–Trinajstić information content (AvgIpc) is 3.47. The van der Waals surface area contributed by atoms with Crippen molar-refractivity contribution in [3.05, 3.63) is 52.5 Å². The summed E-state index contributed by atoms with van der Waals surface area (Å²) >= 11 is 6.21. The van der Waals surface area contributed by atoms with Crippen LogP contribution in [0.15, 0.2) is 36.4 Å². The molecule has 0 spiro atoms. The highest BCUT2D eigenvalue weighted by Crippen LogP contribution is 2.43. The van der Waals surface area contributed by atoms with Crippen molar-refractivity contribution < 1.29 is 14.3 Å². The summed E-state index contributed by atoms with van der Waals surface area (Å²) in [4.78, 5) is 12.6. The van der Waals surface area contributed by atoms with Crippen molar-refractivity contribution in [3.63, 3.8) is 0 Å². The zero-order valence-corrected chi connectivity index (χ0v) is 15.3. The summed E-state index contributed by atoms with van der Waals surface area (Å²) in [7, 11) is 0. The maximum Gasteiger partial charge on any atom is 0.319 e. The van der Waals surface area contributed by atoms with E-state index in [-0.39, 0.29) is 12.1 Å². The van der Waals surface area contributed by atoms with Crippen molar-refractivity contribution in [2.24, 2.45) is 5.92 Å². The number of aryl methyl sites for hydroxylation is 1. The number of nitrogens with one attached hydrogen (secondary N) is 2. The van der Waals surface area contributed by atoms with Crippen LogP contribution in [0.25, 0.3) is 0 Å². The van der Waals surface area contributed by atoms with Crippen LogP contribution in [0.2, 0.25) is 5.02 Å². The molecule has 1 fully saturated rings. The van der Waals surface area contributed by atoms with E-state index >= 15 is 0 Å². The number of carbonyl (C=O) groups excluding carboxylic acids is 1. The van der Waals surface area contributed by atoms with Crippen LogP contribution in [0, 0.1) is 12.8 Å². The summed E-state index contributed by atoms with van der Waals surface area (Å²) in [6.07, 6.45) is 2.20. The summed E-state index contributed by atoms with van der Waals surface area (Å²) < 4.78 is 11.3.